The number of rotatable bonds is 3. The van der Waals surface area contributed by atoms with Crippen LogP contribution in [0.15, 0.2) is 47.6 Å². The van der Waals surface area contributed by atoms with E-state index in [0.29, 0.717) is 28.7 Å². The van der Waals surface area contributed by atoms with Gasteiger partial charge in [-0.3, -0.25) is 0 Å². The summed E-state index contributed by atoms with van der Waals surface area (Å²) >= 11 is 6.00. The van der Waals surface area contributed by atoms with E-state index in [1.54, 1.807) is 37.4 Å². The molecule has 6 heteroatoms. The van der Waals surface area contributed by atoms with E-state index in [2.05, 4.69) is 5.16 Å². The van der Waals surface area contributed by atoms with Gasteiger partial charge in [0.25, 0.3) is 0 Å². The standard InChI is InChI=1S/C18H16ClNO4/c1-11-9-16(14-8-7-12(22-2)10-17(14)23-11)20-24-18(21)13-5-3-4-6-15(13)19/h3-8,10-11H,9H2,1-2H3/b20-16+/t11-/m0/s1. The predicted molar refractivity (Wildman–Crippen MR) is 91.1 cm³/mol. The third-order valence-corrected chi connectivity index (χ3v) is 3.97. The molecule has 0 aliphatic carbocycles. The average Bonchev–Trinajstić information content (AvgIpc) is 2.59. The van der Waals surface area contributed by atoms with Crippen molar-refractivity contribution < 1.29 is 19.1 Å². The number of methoxy groups -OCH3 is 1. The maximum absolute atomic E-state index is 12.1. The van der Waals surface area contributed by atoms with Crippen molar-refractivity contribution >= 4 is 23.3 Å². The van der Waals surface area contributed by atoms with Crippen LogP contribution in [-0.4, -0.2) is 24.9 Å². The highest BCUT2D eigenvalue weighted by Gasteiger charge is 2.24. The highest BCUT2D eigenvalue weighted by atomic mass is 35.5. The molecule has 5 nitrogen and oxygen atoms in total. The van der Waals surface area contributed by atoms with E-state index >= 15 is 0 Å². The van der Waals surface area contributed by atoms with Gasteiger partial charge in [-0.2, -0.15) is 0 Å². The Morgan fingerprint density at radius 2 is 2.08 bits per heavy atom. The molecular formula is C18H16ClNO4. The molecule has 124 valence electrons. The summed E-state index contributed by atoms with van der Waals surface area (Å²) in [7, 11) is 1.59. The molecule has 0 amide bonds. The van der Waals surface area contributed by atoms with E-state index in [0.717, 1.165) is 5.56 Å². The van der Waals surface area contributed by atoms with Gasteiger partial charge in [-0.15, -0.1) is 0 Å². The fourth-order valence-electron chi connectivity index (χ4n) is 2.47. The Bertz CT molecular complexity index is 803. The van der Waals surface area contributed by atoms with Gasteiger partial charge in [0, 0.05) is 18.1 Å². The minimum Gasteiger partial charge on any atom is -0.497 e. The van der Waals surface area contributed by atoms with E-state index in [4.69, 9.17) is 25.9 Å². The molecule has 0 radical (unpaired) electrons. The fourth-order valence-corrected chi connectivity index (χ4v) is 2.68. The summed E-state index contributed by atoms with van der Waals surface area (Å²) in [6.07, 6.45) is 0.456. The normalized spacial score (nSPS) is 17.8. The molecule has 0 fully saturated rings. The summed E-state index contributed by atoms with van der Waals surface area (Å²) in [5.74, 6) is 0.748. The van der Waals surface area contributed by atoms with Gasteiger partial charge in [0.05, 0.1) is 23.4 Å². The highest BCUT2D eigenvalue weighted by molar-refractivity contribution is 6.33. The molecule has 24 heavy (non-hydrogen) atoms. The molecule has 1 aliphatic heterocycles. The lowest BCUT2D eigenvalue weighted by Gasteiger charge is -2.24. The van der Waals surface area contributed by atoms with Crippen LogP contribution >= 0.6 is 11.6 Å². The van der Waals surface area contributed by atoms with Gasteiger partial charge >= 0.3 is 5.97 Å². The highest BCUT2D eigenvalue weighted by Crippen LogP contribution is 2.31. The summed E-state index contributed by atoms with van der Waals surface area (Å²) in [5, 5.41) is 4.36. The number of ether oxygens (including phenoxy) is 2. The van der Waals surface area contributed by atoms with Crippen molar-refractivity contribution in [3.8, 4) is 11.5 Å². The molecule has 1 aliphatic rings. The van der Waals surface area contributed by atoms with Crippen LogP contribution in [0.2, 0.25) is 5.02 Å². The number of fused-ring (bicyclic) bond motifs is 1. The van der Waals surface area contributed by atoms with Gasteiger partial charge < -0.3 is 14.3 Å². The third-order valence-electron chi connectivity index (χ3n) is 3.64. The van der Waals surface area contributed by atoms with Crippen LogP contribution in [0.4, 0.5) is 0 Å². The summed E-state index contributed by atoms with van der Waals surface area (Å²) in [4.78, 5) is 17.2. The molecule has 2 aromatic rings. The smallest absolute Gasteiger partial charge is 0.367 e. The van der Waals surface area contributed by atoms with Gasteiger partial charge in [-0.1, -0.05) is 28.9 Å². The molecule has 0 bridgehead atoms. The summed E-state index contributed by atoms with van der Waals surface area (Å²) < 4.78 is 11.0. The predicted octanol–water partition coefficient (Wildman–Crippen LogP) is 4.08. The Labute approximate surface area is 144 Å². The maximum Gasteiger partial charge on any atom is 0.367 e. The number of benzene rings is 2. The van der Waals surface area contributed by atoms with Gasteiger partial charge in [-0.25, -0.2) is 4.79 Å². The quantitative estimate of drug-likeness (QED) is 0.621. The molecule has 1 heterocycles. The summed E-state index contributed by atoms with van der Waals surface area (Å²) in [5.41, 5.74) is 1.70. The number of nitrogens with zero attached hydrogens (tertiary/aromatic N) is 1. The number of carbonyl (C=O) groups is 1. The van der Waals surface area contributed by atoms with E-state index < -0.39 is 5.97 Å². The first-order valence-corrected chi connectivity index (χ1v) is 7.84. The molecule has 1 atom stereocenters. The lowest BCUT2D eigenvalue weighted by Crippen LogP contribution is -2.25. The minimum absolute atomic E-state index is 0.0811. The zero-order valence-corrected chi connectivity index (χ0v) is 14.0. The van der Waals surface area contributed by atoms with E-state index in [1.807, 2.05) is 19.1 Å². The molecule has 0 N–H and O–H groups in total. The second kappa shape index (κ2) is 6.93. The van der Waals surface area contributed by atoms with Crippen LogP contribution in [0.25, 0.3) is 0 Å². The van der Waals surface area contributed by atoms with Gasteiger partial charge in [-0.05, 0) is 31.2 Å². The number of halogens is 1. The molecular weight excluding hydrogens is 330 g/mol. The van der Waals surface area contributed by atoms with Crippen LogP contribution in [0, 0.1) is 0 Å². The third kappa shape index (κ3) is 3.36. The number of hydrogen-bond donors (Lipinski definition) is 0. The molecule has 0 unspecified atom stereocenters. The lowest BCUT2D eigenvalue weighted by atomic mass is 10.0. The molecule has 0 saturated heterocycles. The summed E-state index contributed by atoms with van der Waals surface area (Å²) in [6, 6.07) is 12.1. The van der Waals surface area contributed by atoms with Crippen LogP contribution in [-0.2, 0) is 4.84 Å². The van der Waals surface area contributed by atoms with Crippen molar-refractivity contribution in [3.63, 3.8) is 0 Å². The van der Waals surface area contributed by atoms with Crippen LogP contribution in [0.1, 0.15) is 29.3 Å². The van der Waals surface area contributed by atoms with Crippen molar-refractivity contribution in [1.29, 1.82) is 0 Å². The molecule has 0 aromatic heterocycles. The van der Waals surface area contributed by atoms with Crippen LogP contribution in [0.5, 0.6) is 11.5 Å². The van der Waals surface area contributed by atoms with Gasteiger partial charge in [0.15, 0.2) is 0 Å². The zero-order valence-electron chi connectivity index (χ0n) is 13.3. The molecule has 0 spiro atoms. The van der Waals surface area contributed by atoms with E-state index in [1.165, 1.54) is 0 Å². The Morgan fingerprint density at radius 3 is 2.83 bits per heavy atom. The fraction of sp³-hybridized carbons (Fsp3) is 0.222. The Kier molecular flexibility index (Phi) is 4.71. The Morgan fingerprint density at radius 1 is 1.29 bits per heavy atom. The van der Waals surface area contributed by atoms with Crippen molar-refractivity contribution in [1.82, 2.24) is 0 Å². The average molecular weight is 346 g/mol. The number of oxime groups is 1. The van der Waals surface area contributed by atoms with Crippen molar-refractivity contribution in [2.45, 2.75) is 19.4 Å². The number of hydrogen-bond acceptors (Lipinski definition) is 5. The first-order valence-electron chi connectivity index (χ1n) is 7.46. The zero-order chi connectivity index (χ0) is 17.1. The first-order chi connectivity index (χ1) is 11.6. The van der Waals surface area contributed by atoms with Crippen molar-refractivity contribution in [2.24, 2.45) is 5.16 Å². The largest absolute Gasteiger partial charge is 0.497 e. The topological polar surface area (TPSA) is 57.1 Å². The molecule has 0 saturated carbocycles. The second-order valence-corrected chi connectivity index (χ2v) is 5.80. The summed E-state index contributed by atoms with van der Waals surface area (Å²) in [6.45, 7) is 1.92. The number of carbonyl (C=O) groups excluding carboxylic acids is 1. The Balaban J connectivity index is 1.86. The first kappa shape index (κ1) is 16.3. The van der Waals surface area contributed by atoms with Gasteiger partial charge in [0.2, 0.25) is 0 Å². The van der Waals surface area contributed by atoms with Gasteiger partial charge in [0.1, 0.15) is 17.6 Å². The monoisotopic (exact) mass is 345 g/mol. The molecule has 2 aromatic carbocycles. The SMILES string of the molecule is COc1ccc2c(c1)O[C@@H](C)C/C2=N\OC(=O)c1ccccc1Cl. The van der Waals surface area contributed by atoms with Crippen molar-refractivity contribution in [2.75, 3.05) is 7.11 Å². The maximum atomic E-state index is 12.1. The van der Waals surface area contributed by atoms with E-state index in [-0.39, 0.29) is 11.7 Å². The van der Waals surface area contributed by atoms with Crippen LogP contribution in [0.3, 0.4) is 0 Å². The van der Waals surface area contributed by atoms with Crippen LogP contribution < -0.4 is 9.47 Å². The Hall–Kier alpha value is -2.53. The van der Waals surface area contributed by atoms with E-state index in [9.17, 15) is 4.79 Å². The minimum atomic E-state index is -0.595. The molecule has 3 rings (SSSR count). The lowest BCUT2D eigenvalue weighted by molar-refractivity contribution is 0.0513. The van der Waals surface area contributed by atoms with Crippen molar-refractivity contribution in [3.05, 3.63) is 58.6 Å². The second-order valence-electron chi connectivity index (χ2n) is 5.39.